The van der Waals surface area contributed by atoms with Gasteiger partial charge in [-0.2, -0.15) is 5.10 Å². The number of aromatic nitrogens is 2. The van der Waals surface area contributed by atoms with Gasteiger partial charge in [0.05, 0.1) is 27.5 Å². The molecule has 0 atom stereocenters. The summed E-state index contributed by atoms with van der Waals surface area (Å²) < 4.78 is 0. The molecule has 0 saturated heterocycles. The van der Waals surface area contributed by atoms with Gasteiger partial charge in [-0.3, -0.25) is 29.5 Å². The molecule has 3 aromatic rings. The lowest BCUT2D eigenvalue weighted by Crippen LogP contribution is -2.24. The molecule has 2 aromatic carbocycles. The number of aromatic amines is 1. The van der Waals surface area contributed by atoms with Crippen LogP contribution in [0.5, 0.6) is 0 Å². The van der Waals surface area contributed by atoms with Gasteiger partial charge in [0.1, 0.15) is 5.69 Å². The maximum Gasteiger partial charge on any atom is 0.275 e. The lowest BCUT2D eigenvalue weighted by Gasteiger charge is -2.10. The zero-order valence-electron chi connectivity index (χ0n) is 19.4. The third kappa shape index (κ3) is 7.78. The minimum absolute atomic E-state index is 0.00909. The molecule has 194 valence electrons. The maximum atomic E-state index is 12.8. The van der Waals surface area contributed by atoms with Crippen molar-refractivity contribution in [2.45, 2.75) is 25.7 Å². The summed E-state index contributed by atoms with van der Waals surface area (Å²) in [4.78, 5) is 48.6. The number of nitrogens with zero attached hydrogens (tertiary/aromatic N) is 1. The molecular formula is C24H24Cl2N6O5. The maximum absolute atomic E-state index is 12.8. The van der Waals surface area contributed by atoms with Crippen molar-refractivity contribution in [3.63, 3.8) is 0 Å². The molecule has 6 N–H and O–H groups in total. The third-order valence-electron chi connectivity index (χ3n) is 5.20. The molecule has 4 amide bonds. The molecule has 11 nitrogen and oxygen atoms in total. The Morgan fingerprint density at radius 1 is 0.865 bits per heavy atom. The number of halogens is 2. The van der Waals surface area contributed by atoms with Crippen LogP contribution < -0.4 is 21.4 Å². The molecule has 1 aromatic heterocycles. The number of H-pyrrole nitrogens is 1. The number of hydroxylamine groups is 1. The van der Waals surface area contributed by atoms with Gasteiger partial charge in [-0.1, -0.05) is 35.7 Å². The summed E-state index contributed by atoms with van der Waals surface area (Å²) in [7, 11) is 0. The van der Waals surface area contributed by atoms with Crippen molar-refractivity contribution < 1.29 is 24.4 Å². The minimum Gasteiger partial charge on any atom is -0.352 e. The fraction of sp³-hybridized carbons (Fsp3) is 0.208. The second-order valence-corrected chi connectivity index (χ2v) is 8.66. The van der Waals surface area contributed by atoms with Crippen molar-refractivity contribution in [2.24, 2.45) is 0 Å². The highest BCUT2D eigenvalue weighted by Gasteiger charge is 2.20. The zero-order chi connectivity index (χ0) is 26.8. The number of carbonyl (C=O) groups excluding carboxylic acids is 4. The highest BCUT2D eigenvalue weighted by Crippen LogP contribution is 2.26. The smallest absolute Gasteiger partial charge is 0.275 e. The van der Waals surface area contributed by atoms with Gasteiger partial charge < -0.3 is 16.0 Å². The van der Waals surface area contributed by atoms with E-state index in [9.17, 15) is 19.2 Å². The molecule has 0 aliphatic heterocycles. The van der Waals surface area contributed by atoms with Crippen LogP contribution in [0.25, 0.3) is 0 Å². The summed E-state index contributed by atoms with van der Waals surface area (Å²) in [6.07, 6.45) is 3.52. The van der Waals surface area contributed by atoms with Crippen LogP contribution in [0.2, 0.25) is 10.0 Å². The summed E-state index contributed by atoms with van der Waals surface area (Å²) in [5.74, 6) is -1.88. The standard InChI is InChI=1S/C24H24Cl2N6O5/c25-16-5-4-6-17(26)20(16)23(35)30-18-13-28-31-21(18)24(36)29-15-10-8-14(9-11-15)22(34)27-12-3-1-2-7-19(33)32-37/h4-6,8-11,13,37H,1-3,7,12H2,(H,27,34)(H,28,31)(H,29,36)(H,30,35)(H,32,33). The highest BCUT2D eigenvalue weighted by atomic mass is 35.5. The molecule has 0 radical (unpaired) electrons. The molecule has 3 rings (SSSR count). The SMILES string of the molecule is O=C(CCCCCNC(=O)c1ccc(NC(=O)c2[nH]ncc2NC(=O)c2c(Cl)cccc2Cl)cc1)NO. The number of amides is 4. The first-order valence-electron chi connectivity index (χ1n) is 11.2. The number of rotatable bonds is 11. The Hall–Kier alpha value is -3.93. The topological polar surface area (TPSA) is 165 Å². The van der Waals surface area contributed by atoms with E-state index in [0.717, 1.165) is 6.42 Å². The Bertz CT molecular complexity index is 1260. The Labute approximate surface area is 221 Å². The van der Waals surface area contributed by atoms with Crippen molar-refractivity contribution >= 4 is 58.2 Å². The number of unbranched alkanes of at least 4 members (excludes halogenated alkanes) is 2. The van der Waals surface area contributed by atoms with Gasteiger partial charge in [-0.15, -0.1) is 0 Å². The summed E-state index contributed by atoms with van der Waals surface area (Å²) >= 11 is 12.2. The van der Waals surface area contributed by atoms with Crippen LogP contribution in [0.15, 0.2) is 48.7 Å². The van der Waals surface area contributed by atoms with Crippen molar-refractivity contribution in [2.75, 3.05) is 17.2 Å². The normalized spacial score (nSPS) is 10.5. The second kappa shape index (κ2) is 13.4. The van der Waals surface area contributed by atoms with E-state index in [1.807, 2.05) is 0 Å². The van der Waals surface area contributed by atoms with Gasteiger partial charge in [0.15, 0.2) is 0 Å². The molecule has 0 bridgehead atoms. The van der Waals surface area contributed by atoms with E-state index < -0.39 is 17.7 Å². The van der Waals surface area contributed by atoms with Crippen LogP contribution >= 0.6 is 23.2 Å². The van der Waals surface area contributed by atoms with E-state index in [-0.39, 0.29) is 39.3 Å². The molecular weight excluding hydrogens is 523 g/mol. The van der Waals surface area contributed by atoms with E-state index in [1.54, 1.807) is 35.8 Å². The fourth-order valence-electron chi connectivity index (χ4n) is 3.30. The first-order valence-corrected chi connectivity index (χ1v) is 12.0. The van der Waals surface area contributed by atoms with Gasteiger partial charge in [0, 0.05) is 24.2 Å². The van der Waals surface area contributed by atoms with Crippen LogP contribution in [0.1, 0.15) is 56.9 Å². The number of anilines is 2. The van der Waals surface area contributed by atoms with E-state index in [4.69, 9.17) is 28.4 Å². The van der Waals surface area contributed by atoms with Crippen LogP contribution in [0, 0.1) is 0 Å². The first-order chi connectivity index (χ1) is 17.8. The molecule has 13 heteroatoms. The Kier molecular flexibility index (Phi) is 10.0. The van der Waals surface area contributed by atoms with Crippen molar-refractivity contribution in [1.82, 2.24) is 21.0 Å². The summed E-state index contributed by atoms with van der Waals surface area (Å²) in [5, 5.41) is 23.2. The van der Waals surface area contributed by atoms with Gasteiger partial charge >= 0.3 is 0 Å². The van der Waals surface area contributed by atoms with Crippen molar-refractivity contribution in [1.29, 1.82) is 0 Å². The predicted octanol–water partition coefficient (Wildman–Crippen LogP) is 4.02. The quantitative estimate of drug-likeness (QED) is 0.121. The van der Waals surface area contributed by atoms with Crippen LogP contribution in [-0.2, 0) is 4.79 Å². The molecule has 0 unspecified atom stereocenters. The Morgan fingerprint density at radius 2 is 1.57 bits per heavy atom. The van der Waals surface area contributed by atoms with Gasteiger partial charge in [0.2, 0.25) is 5.91 Å². The molecule has 0 aliphatic carbocycles. The molecule has 0 spiro atoms. The van der Waals surface area contributed by atoms with E-state index in [1.165, 1.54) is 18.3 Å². The average molecular weight is 547 g/mol. The molecule has 0 saturated carbocycles. The van der Waals surface area contributed by atoms with Gasteiger partial charge in [-0.25, -0.2) is 5.48 Å². The number of nitrogens with one attached hydrogen (secondary N) is 5. The second-order valence-electron chi connectivity index (χ2n) is 7.84. The molecule has 0 aliphatic rings. The third-order valence-corrected chi connectivity index (χ3v) is 5.83. The number of benzene rings is 2. The molecule has 0 fully saturated rings. The minimum atomic E-state index is -0.600. The molecule has 37 heavy (non-hydrogen) atoms. The van der Waals surface area contributed by atoms with Gasteiger partial charge in [-0.05, 0) is 49.2 Å². The number of carbonyl (C=O) groups is 4. The lowest BCUT2D eigenvalue weighted by molar-refractivity contribution is -0.129. The Morgan fingerprint density at radius 3 is 2.24 bits per heavy atom. The first kappa shape index (κ1) is 27.7. The van der Waals surface area contributed by atoms with Crippen LogP contribution in [-0.4, -0.2) is 45.6 Å². The van der Waals surface area contributed by atoms with Crippen LogP contribution in [0.3, 0.4) is 0 Å². The highest BCUT2D eigenvalue weighted by molar-refractivity contribution is 6.40. The average Bonchev–Trinajstić information content (AvgIpc) is 3.34. The summed E-state index contributed by atoms with van der Waals surface area (Å²) in [5.41, 5.74) is 2.61. The van der Waals surface area contributed by atoms with Crippen LogP contribution in [0.4, 0.5) is 11.4 Å². The number of hydrogen-bond donors (Lipinski definition) is 6. The monoisotopic (exact) mass is 546 g/mol. The van der Waals surface area contributed by atoms with Crippen molar-refractivity contribution in [3.05, 3.63) is 75.5 Å². The largest absolute Gasteiger partial charge is 0.352 e. The van der Waals surface area contributed by atoms with E-state index in [0.29, 0.717) is 30.6 Å². The lowest BCUT2D eigenvalue weighted by atomic mass is 10.1. The Balaban J connectivity index is 1.52. The summed E-state index contributed by atoms with van der Waals surface area (Å²) in [6.45, 7) is 0.436. The number of hydrogen-bond acceptors (Lipinski definition) is 6. The molecule has 1 heterocycles. The fourth-order valence-corrected chi connectivity index (χ4v) is 3.87. The van der Waals surface area contributed by atoms with E-state index >= 15 is 0 Å². The summed E-state index contributed by atoms with van der Waals surface area (Å²) in [6, 6.07) is 10.9. The van der Waals surface area contributed by atoms with Gasteiger partial charge in [0.25, 0.3) is 17.7 Å². The predicted molar refractivity (Wildman–Crippen MR) is 138 cm³/mol. The van der Waals surface area contributed by atoms with E-state index in [2.05, 4.69) is 26.1 Å². The van der Waals surface area contributed by atoms with Crippen molar-refractivity contribution in [3.8, 4) is 0 Å². The zero-order valence-corrected chi connectivity index (χ0v) is 20.9.